The summed E-state index contributed by atoms with van der Waals surface area (Å²) in [5, 5.41) is 3.13. The number of anilines is 1. The molecule has 2 nitrogen and oxygen atoms in total. The number of hydrogen-bond donors (Lipinski definition) is 1. The fraction of sp³-hybridized carbons (Fsp3) is 0.0833. The van der Waals surface area contributed by atoms with E-state index in [2.05, 4.69) is 26.2 Å². The summed E-state index contributed by atoms with van der Waals surface area (Å²) >= 11 is 3.43. The normalized spacial score (nSPS) is 10.1. The van der Waals surface area contributed by atoms with Gasteiger partial charge in [-0.3, -0.25) is 4.98 Å². The largest absolute Gasteiger partial charge is 0.381 e. The Kier molecular flexibility index (Phi) is 3.51. The van der Waals surface area contributed by atoms with Gasteiger partial charge in [-0.2, -0.15) is 0 Å². The van der Waals surface area contributed by atoms with Crippen LogP contribution in [0.1, 0.15) is 5.56 Å². The summed E-state index contributed by atoms with van der Waals surface area (Å²) in [6, 6.07) is 8.27. The van der Waals surface area contributed by atoms with Crippen molar-refractivity contribution in [2.45, 2.75) is 6.54 Å². The van der Waals surface area contributed by atoms with Crippen molar-refractivity contribution in [2.24, 2.45) is 0 Å². The topological polar surface area (TPSA) is 24.9 Å². The summed E-state index contributed by atoms with van der Waals surface area (Å²) in [4.78, 5) is 4.03. The van der Waals surface area contributed by atoms with E-state index in [0.29, 0.717) is 6.54 Å². The lowest BCUT2D eigenvalue weighted by Crippen LogP contribution is -2.00. The van der Waals surface area contributed by atoms with Crippen molar-refractivity contribution in [3.8, 4) is 0 Å². The van der Waals surface area contributed by atoms with Crippen LogP contribution < -0.4 is 5.32 Å². The molecule has 0 saturated carbocycles. The van der Waals surface area contributed by atoms with E-state index in [4.69, 9.17) is 0 Å². The fourth-order valence-electron chi connectivity index (χ4n) is 1.34. The maximum absolute atomic E-state index is 12.9. The van der Waals surface area contributed by atoms with Crippen LogP contribution in [0.4, 0.5) is 10.1 Å². The van der Waals surface area contributed by atoms with Gasteiger partial charge in [-0.25, -0.2) is 4.39 Å². The van der Waals surface area contributed by atoms with E-state index >= 15 is 0 Å². The molecule has 0 aliphatic heterocycles. The van der Waals surface area contributed by atoms with Gasteiger partial charge in [0.2, 0.25) is 0 Å². The summed E-state index contributed by atoms with van der Waals surface area (Å²) < 4.78 is 13.9. The molecule has 1 aromatic heterocycles. The van der Waals surface area contributed by atoms with Crippen LogP contribution in [0.15, 0.2) is 47.2 Å². The van der Waals surface area contributed by atoms with Crippen LogP contribution in [0.25, 0.3) is 0 Å². The van der Waals surface area contributed by atoms with Crippen molar-refractivity contribution >= 4 is 21.6 Å². The van der Waals surface area contributed by atoms with Crippen LogP contribution in [0.2, 0.25) is 0 Å². The number of nitrogens with one attached hydrogen (secondary N) is 1. The van der Waals surface area contributed by atoms with Crippen LogP contribution >= 0.6 is 15.9 Å². The van der Waals surface area contributed by atoms with Crippen LogP contribution in [0.3, 0.4) is 0 Å². The Labute approximate surface area is 102 Å². The number of rotatable bonds is 3. The molecule has 82 valence electrons. The quantitative estimate of drug-likeness (QED) is 0.929. The summed E-state index contributed by atoms with van der Waals surface area (Å²) in [7, 11) is 0. The Bertz CT molecular complexity index is 488. The zero-order valence-electron chi connectivity index (χ0n) is 8.45. The van der Waals surface area contributed by atoms with Gasteiger partial charge in [0.05, 0.1) is 0 Å². The predicted octanol–water partition coefficient (Wildman–Crippen LogP) is 3.60. The Balaban J connectivity index is 2.05. The molecule has 2 rings (SSSR count). The number of aromatic nitrogens is 1. The highest BCUT2D eigenvalue weighted by atomic mass is 79.9. The molecule has 0 bridgehead atoms. The first-order valence-corrected chi connectivity index (χ1v) is 5.63. The van der Waals surface area contributed by atoms with Crippen LogP contribution in [-0.2, 0) is 6.54 Å². The predicted molar refractivity (Wildman–Crippen MR) is 65.7 cm³/mol. The third-order valence-corrected chi connectivity index (χ3v) is 2.93. The zero-order valence-corrected chi connectivity index (χ0v) is 10.0. The van der Waals surface area contributed by atoms with Gasteiger partial charge in [-0.15, -0.1) is 0 Å². The van der Waals surface area contributed by atoms with Crippen molar-refractivity contribution in [1.82, 2.24) is 4.98 Å². The summed E-state index contributed by atoms with van der Waals surface area (Å²) in [6.45, 7) is 0.609. The van der Waals surface area contributed by atoms with E-state index in [1.807, 2.05) is 12.1 Å². The van der Waals surface area contributed by atoms with Crippen LogP contribution in [-0.4, -0.2) is 4.98 Å². The zero-order chi connectivity index (χ0) is 11.4. The molecule has 0 unspecified atom stereocenters. The van der Waals surface area contributed by atoms with Gasteiger partial charge in [0.25, 0.3) is 0 Å². The van der Waals surface area contributed by atoms with E-state index in [9.17, 15) is 4.39 Å². The molecule has 0 fully saturated rings. The van der Waals surface area contributed by atoms with E-state index < -0.39 is 0 Å². The second-order valence-corrected chi connectivity index (χ2v) is 4.19. The molecule has 2 aromatic rings. The number of pyridine rings is 1. The van der Waals surface area contributed by atoms with Crippen molar-refractivity contribution in [3.63, 3.8) is 0 Å². The van der Waals surface area contributed by atoms with Gasteiger partial charge in [0, 0.05) is 34.7 Å². The highest BCUT2D eigenvalue weighted by molar-refractivity contribution is 9.10. The molecule has 16 heavy (non-hydrogen) atoms. The maximum atomic E-state index is 12.9. The Hall–Kier alpha value is -1.42. The van der Waals surface area contributed by atoms with Gasteiger partial charge in [-0.1, -0.05) is 22.0 Å². The van der Waals surface area contributed by atoms with Crippen molar-refractivity contribution in [3.05, 3.63) is 58.6 Å². The molecule has 0 aliphatic rings. The second kappa shape index (κ2) is 5.07. The molecule has 0 atom stereocenters. The fourth-order valence-corrected chi connectivity index (χ4v) is 1.70. The molecule has 4 heteroatoms. The number of halogens is 2. The number of hydrogen-bond acceptors (Lipinski definition) is 2. The molecule has 0 amide bonds. The molecule has 1 heterocycles. The molecule has 0 radical (unpaired) electrons. The Morgan fingerprint density at radius 3 is 2.94 bits per heavy atom. The van der Waals surface area contributed by atoms with Gasteiger partial charge in [0.15, 0.2) is 0 Å². The molecular weight excluding hydrogens is 271 g/mol. The molecular formula is C12H10BrFN2. The van der Waals surface area contributed by atoms with Crippen LogP contribution in [0, 0.1) is 5.82 Å². The summed E-state index contributed by atoms with van der Waals surface area (Å²) in [6.07, 6.45) is 3.49. The highest BCUT2D eigenvalue weighted by Gasteiger charge is 1.99. The molecule has 1 aromatic carbocycles. The van der Waals surface area contributed by atoms with E-state index in [1.165, 1.54) is 12.1 Å². The lowest BCUT2D eigenvalue weighted by molar-refractivity contribution is 0.628. The molecule has 0 spiro atoms. The smallest absolute Gasteiger partial charge is 0.125 e. The summed E-state index contributed by atoms with van der Waals surface area (Å²) in [5.74, 6) is -0.241. The Morgan fingerprint density at radius 2 is 2.19 bits per heavy atom. The lowest BCUT2D eigenvalue weighted by atomic mass is 10.2. The van der Waals surface area contributed by atoms with Crippen LogP contribution in [0.5, 0.6) is 0 Å². The number of nitrogens with zero attached hydrogens (tertiary/aromatic N) is 1. The van der Waals surface area contributed by atoms with Gasteiger partial charge in [0.1, 0.15) is 5.82 Å². The van der Waals surface area contributed by atoms with Gasteiger partial charge in [-0.05, 0) is 24.3 Å². The first-order valence-electron chi connectivity index (χ1n) is 4.83. The van der Waals surface area contributed by atoms with E-state index in [-0.39, 0.29) is 5.82 Å². The molecule has 0 saturated heterocycles. The third kappa shape index (κ3) is 2.79. The maximum Gasteiger partial charge on any atom is 0.125 e. The van der Waals surface area contributed by atoms with Crippen molar-refractivity contribution in [2.75, 3.05) is 5.32 Å². The van der Waals surface area contributed by atoms with Crippen molar-refractivity contribution < 1.29 is 4.39 Å². The average Bonchev–Trinajstić information content (AvgIpc) is 2.28. The van der Waals surface area contributed by atoms with Crippen molar-refractivity contribution in [1.29, 1.82) is 0 Å². The second-order valence-electron chi connectivity index (χ2n) is 3.33. The van der Waals surface area contributed by atoms with Gasteiger partial charge >= 0.3 is 0 Å². The minimum absolute atomic E-state index is 0.241. The standard InChI is InChI=1S/C12H10BrFN2/c13-12-4-5-15-7-9(12)8-16-11-3-1-2-10(14)6-11/h1-7,16H,8H2. The minimum atomic E-state index is -0.241. The SMILES string of the molecule is Fc1cccc(NCc2cnccc2Br)c1. The first-order chi connectivity index (χ1) is 7.75. The monoisotopic (exact) mass is 280 g/mol. The molecule has 1 N–H and O–H groups in total. The minimum Gasteiger partial charge on any atom is -0.381 e. The van der Waals surface area contributed by atoms with E-state index in [0.717, 1.165) is 15.7 Å². The lowest BCUT2D eigenvalue weighted by Gasteiger charge is -2.07. The van der Waals surface area contributed by atoms with E-state index in [1.54, 1.807) is 18.5 Å². The average molecular weight is 281 g/mol. The third-order valence-electron chi connectivity index (χ3n) is 2.15. The first kappa shape index (κ1) is 11.1. The summed E-state index contributed by atoms with van der Waals surface area (Å²) in [5.41, 5.74) is 1.79. The molecule has 0 aliphatic carbocycles. The Morgan fingerprint density at radius 1 is 1.31 bits per heavy atom. The highest BCUT2D eigenvalue weighted by Crippen LogP contribution is 2.16. The number of benzene rings is 1. The van der Waals surface area contributed by atoms with Gasteiger partial charge < -0.3 is 5.32 Å².